The lowest BCUT2D eigenvalue weighted by molar-refractivity contribution is -0.0161. The SMILES string of the molecule is OCC1(CNC(c2ccccc2F)c2ccccc2F)CCOCC1. The number of aliphatic hydroxyl groups excluding tert-OH is 1. The zero-order valence-electron chi connectivity index (χ0n) is 14.1. The number of halogens is 2. The van der Waals surface area contributed by atoms with Gasteiger partial charge in [-0.2, -0.15) is 0 Å². The fourth-order valence-electron chi connectivity index (χ4n) is 3.32. The summed E-state index contributed by atoms with van der Waals surface area (Å²) >= 11 is 0. The Morgan fingerprint density at radius 1 is 0.960 bits per heavy atom. The number of aliphatic hydroxyl groups is 1. The van der Waals surface area contributed by atoms with E-state index >= 15 is 0 Å². The van der Waals surface area contributed by atoms with Crippen LogP contribution in [0.25, 0.3) is 0 Å². The first-order valence-electron chi connectivity index (χ1n) is 8.56. The van der Waals surface area contributed by atoms with Crippen LogP contribution in [0.3, 0.4) is 0 Å². The molecular weight excluding hydrogens is 324 g/mol. The molecule has 0 unspecified atom stereocenters. The Morgan fingerprint density at radius 2 is 1.48 bits per heavy atom. The van der Waals surface area contributed by atoms with Crippen LogP contribution < -0.4 is 5.32 Å². The van der Waals surface area contributed by atoms with Gasteiger partial charge < -0.3 is 15.2 Å². The van der Waals surface area contributed by atoms with E-state index in [2.05, 4.69) is 5.32 Å². The Labute approximate surface area is 146 Å². The Hall–Kier alpha value is -1.82. The predicted octanol–water partition coefficient (Wildman–Crippen LogP) is 3.43. The summed E-state index contributed by atoms with van der Waals surface area (Å²) in [5, 5.41) is 13.2. The van der Waals surface area contributed by atoms with E-state index in [1.165, 1.54) is 12.1 Å². The topological polar surface area (TPSA) is 41.5 Å². The van der Waals surface area contributed by atoms with E-state index in [-0.39, 0.29) is 23.7 Å². The molecular formula is C20H23F2NO2. The van der Waals surface area contributed by atoms with Gasteiger partial charge in [0, 0.05) is 36.3 Å². The molecule has 0 saturated carbocycles. The maximum atomic E-state index is 14.4. The third-order valence-corrected chi connectivity index (χ3v) is 5.00. The summed E-state index contributed by atoms with van der Waals surface area (Å²) in [6.07, 6.45) is 1.44. The number of benzene rings is 2. The molecule has 2 aromatic carbocycles. The Morgan fingerprint density at radius 3 is 1.96 bits per heavy atom. The van der Waals surface area contributed by atoms with Crippen molar-refractivity contribution < 1.29 is 18.6 Å². The molecule has 0 amide bonds. The molecule has 0 aliphatic carbocycles. The van der Waals surface area contributed by atoms with Gasteiger partial charge in [-0.25, -0.2) is 8.78 Å². The smallest absolute Gasteiger partial charge is 0.128 e. The van der Waals surface area contributed by atoms with Crippen molar-refractivity contribution in [2.24, 2.45) is 5.41 Å². The molecule has 0 spiro atoms. The molecule has 2 N–H and O–H groups in total. The second-order valence-electron chi connectivity index (χ2n) is 6.63. The van der Waals surface area contributed by atoms with Crippen LogP contribution in [0.2, 0.25) is 0 Å². The Bertz CT molecular complexity index is 656. The van der Waals surface area contributed by atoms with Gasteiger partial charge in [0.15, 0.2) is 0 Å². The van der Waals surface area contributed by atoms with Crippen molar-refractivity contribution in [3.63, 3.8) is 0 Å². The van der Waals surface area contributed by atoms with Crippen LogP contribution in [-0.4, -0.2) is 31.5 Å². The molecule has 3 nitrogen and oxygen atoms in total. The minimum absolute atomic E-state index is 0.0185. The van der Waals surface area contributed by atoms with Crippen molar-refractivity contribution in [1.82, 2.24) is 5.32 Å². The number of hydrogen-bond donors (Lipinski definition) is 2. The highest BCUT2D eigenvalue weighted by molar-refractivity contribution is 5.33. The molecule has 0 atom stereocenters. The molecule has 25 heavy (non-hydrogen) atoms. The molecule has 1 heterocycles. The summed E-state index contributed by atoms with van der Waals surface area (Å²) in [7, 11) is 0. The third-order valence-electron chi connectivity index (χ3n) is 5.00. The van der Waals surface area contributed by atoms with Gasteiger partial charge in [0.25, 0.3) is 0 Å². The Kier molecular flexibility index (Phi) is 5.78. The van der Waals surface area contributed by atoms with Gasteiger partial charge in [-0.15, -0.1) is 0 Å². The zero-order valence-corrected chi connectivity index (χ0v) is 14.1. The fourth-order valence-corrected chi connectivity index (χ4v) is 3.32. The van der Waals surface area contributed by atoms with Crippen molar-refractivity contribution in [3.05, 3.63) is 71.3 Å². The second kappa shape index (κ2) is 8.04. The lowest BCUT2D eigenvalue weighted by atomic mass is 9.80. The summed E-state index contributed by atoms with van der Waals surface area (Å²) in [4.78, 5) is 0. The predicted molar refractivity (Wildman–Crippen MR) is 92.2 cm³/mol. The average Bonchev–Trinajstić information content (AvgIpc) is 2.65. The van der Waals surface area contributed by atoms with Gasteiger partial charge in [0.05, 0.1) is 12.6 Å². The molecule has 1 saturated heterocycles. The molecule has 1 aliphatic heterocycles. The van der Waals surface area contributed by atoms with Crippen LogP contribution in [0.15, 0.2) is 48.5 Å². The van der Waals surface area contributed by atoms with Crippen molar-refractivity contribution in [2.75, 3.05) is 26.4 Å². The largest absolute Gasteiger partial charge is 0.396 e. The van der Waals surface area contributed by atoms with E-state index in [4.69, 9.17) is 4.74 Å². The van der Waals surface area contributed by atoms with E-state index in [9.17, 15) is 13.9 Å². The van der Waals surface area contributed by atoms with Gasteiger partial charge in [-0.1, -0.05) is 36.4 Å². The second-order valence-corrected chi connectivity index (χ2v) is 6.63. The minimum Gasteiger partial charge on any atom is -0.396 e. The number of rotatable bonds is 6. The number of hydrogen-bond acceptors (Lipinski definition) is 3. The molecule has 1 aliphatic rings. The van der Waals surface area contributed by atoms with E-state index in [0.717, 1.165) is 12.8 Å². The lowest BCUT2D eigenvalue weighted by Crippen LogP contribution is -2.43. The molecule has 2 aromatic rings. The zero-order chi connectivity index (χ0) is 17.7. The van der Waals surface area contributed by atoms with Gasteiger partial charge >= 0.3 is 0 Å². The molecule has 3 rings (SSSR count). The van der Waals surface area contributed by atoms with Crippen LogP contribution >= 0.6 is 0 Å². The van der Waals surface area contributed by atoms with Crippen LogP contribution in [-0.2, 0) is 4.74 Å². The normalized spacial score (nSPS) is 17.0. The van der Waals surface area contributed by atoms with E-state index < -0.39 is 6.04 Å². The van der Waals surface area contributed by atoms with E-state index in [1.54, 1.807) is 36.4 Å². The van der Waals surface area contributed by atoms with Gasteiger partial charge in [-0.3, -0.25) is 0 Å². The number of nitrogens with one attached hydrogen (secondary N) is 1. The first-order chi connectivity index (χ1) is 12.2. The molecule has 0 bridgehead atoms. The van der Waals surface area contributed by atoms with Gasteiger partial charge in [-0.05, 0) is 25.0 Å². The minimum atomic E-state index is -0.617. The number of ether oxygens (including phenoxy) is 1. The van der Waals surface area contributed by atoms with Crippen LogP contribution in [0.5, 0.6) is 0 Å². The highest BCUT2D eigenvalue weighted by Crippen LogP contribution is 2.32. The van der Waals surface area contributed by atoms with Crippen LogP contribution in [0.4, 0.5) is 8.78 Å². The fraction of sp³-hybridized carbons (Fsp3) is 0.400. The average molecular weight is 347 g/mol. The quantitative estimate of drug-likeness (QED) is 0.841. The van der Waals surface area contributed by atoms with Crippen LogP contribution in [0, 0.1) is 17.0 Å². The van der Waals surface area contributed by atoms with Crippen molar-refractivity contribution in [2.45, 2.75) is 18.9 Å². The summed E-state index contributed by atoms with van der Waals surface area (Å²) in [5.74, 6) is -0.762. The Balaban J connectivity index is 1.89. The van der Waals surface area contributed by atoms with Crippen LogP contribution in [0.1, 0.15) is 30.0 Å². The monoisotopic (exact) mass is 347 g/mol. The first kappa shape index (κ1) is 18.0. The van der Waals surface area contributed by atoms with E-state index in [1.807, 2.05) is 0 Å². The molecule has 134 valence electrons. The molecule has 5 heteroatoms. The molecule has 1 fully saturated rings. The summed E-state index contributed by atoms with van der Waals surface area (Å²) in [5.41, 5.74) is 0.466. The highest BCUT2D eigenvalue weighted by Gasteiger charge is 2.33. The molecule has 0 radical (unpaired) electrons. The van der Waals surface area contributed by atoms with Gasteiger partial charge in [0.1, 0.15) is 11.6 Å². The maximum absolute atomic E-state index is 14.4. The molecule has 0 aromatic heterocycles. The highest BCUT2D eigenvalue weighted by atomic mass is 19.1. The van der Waals surface area contributed by atoms with Crippen molar-refractivity contribution in [3.8, 4) is 0 Å². The maximum Gasteiger partial charge on any atom is 0.128 e. The first-order valence-corrected chi connectivity index (χ1v) is 8.56. The summed E-state index contributed by atoms with van der Waals surface area (Å²) < 4.78 is 34.1. The van der Waals surface area contributed by atoms with E-state index in [0.29, 0.717) is 30.9 Å². The van der Waals surface area contributed by atoms with Crippen molar-refractivity contribution >= 4 is 0 Å². The summed E-state index contributed by atoms with van der Waals surface area (Å²) in [6.45, 7) is 1.66. The van der Waals surface area contributed by atoms with Gasteiger partial charge in [0.2, 0.25) is 0 Å². The van der Waals surface area contributed by atoms with Crippen molar-refractivity contribution in [1.29, 1.82) is 0 Å². The standard InChI is InChI=1S/C20H23F2NO2/c21-17-7-3-1-5-15(17)19(16-6-2-4-8-18(16)22)23-13-20(14-24)9-11-25-12-10-20/h1-8,19,23-24H,9-14H2. The summed E-state index contributed by atoms with van der Waals surface area (Å²) in [6, 6.07) is 12.2. The lowest BCUT2D eigenvalue weighted by Gasteiger charge is -2.37. The third kappa shape index (κ3) is 4.06.